The van der Waals surface area contributed by atoms with Crippen molar-refractivity contribution in [3.8, 4) is 0 Å². The summed E-state index contributed by atoms with van der Waals surface area (Å²) in [5.74, 6) is 0. The van der Waals surface area contributed by atoms with Crippen LogP contribution in [0.1, 0.15) is 22.7 Å². The Balaban J connectivity index is 2.13. The molecule has 2 nitrogen and oxygen atoms in total. The number of likely N-dealkylation sites (N-methyl/N-ethyl adjacent to an activating group) is 1. The molecule has 0 saturated carbocycles. The minimum atomic E-state index is -4.29. The van der Waals surface area contributed by atoms with Crippen molar-refractivity contribution in [3.63, 3.8) is 0 Å². The number of hydrogen-bond donors (Lipinski definition) is 1. The van der Waals surface area contributed by atoms with Crippen LogP contribution >= 0.6 is 0 Å². The van der Waals surface area contributed by atoms with Gasteiger partial charge in [-0.2, -0.15) is 13.2 Å². The lowest BCUT2D eigenvalue weighted by atomic mass is 9.99. The molecule has 20 heavy (non-hydrogen) atoms. The van der Waals surface area contributed by atoms with Crippen LogP contribution in [0.2, 0.25) is 0 Å². The van der Waals surface area contributed by atoms with Crippen LogP contribution in [0.25, 0.3) is 0 Å². The normalized spacial score (nSPS) is 13.2. The molecule has 0 spiro atoms. The van der Waals surface area contributed by atoms with E-state index in [0.29, 0.717) is 6.42 Å². The number of rotatable bonds is 4. The fourth-order valence-electron chi connectivity index (χ4n) is 2.05. The standard InChI is InChI=1S/C15H15F3N2/c1-19-14(12-6-8-20-9-7-12)10-11-2-4-13(5-3-11)15(16,17)18/h2-9,14,19H,10H2,1H3. The van der Waals surface area contributed by atoms with E-state index in [-0.39, 0.29) is 6.04 Å². The van der Waals surface area contributed by atoms with Gasteiger partial charge in [-0.25, -0.2) is 0 Å². The third-order valence-electron chi connectivity index (χ3n) is 3.18. The van der Waals surface area contributed by atoms with E-state index < -0.39 is 11.7 Å². The van der Waals surface area contributed by atoms with Crippen molar-refractivity contribution in [2.45, 2.75) is 18.6 Å². The van der Waals surface area contributed by atoms with E-state index in [0.717, 1.165) is 23.3 Å². The third kappa shape index (κ3) is 3.57. The van der Waals surface area contributed by atoms with Crippen molar-refractivity contribution in [1.29, 1.82) is 0 Å². The van der Waals surface area contributed by atoms with Gasteiger partial charge < -0.3 is 5.32 Å². The molecule has 0 aliphatic heterocycles. The molecule has 0 aliphatic carbocycles. The molecule has 0 amide bonds. The number of pyridine rings is 1. The number of benzene rings is 1. The molecule has 1 aromatic carbocycles. The number of alkyl halides is 3. The topological polar surface area (TPSA) is 24.9 Å². The van der Waals surface area contributed by atoms with E-state index in [4.69, 9.17) is 0 Å². The highest BCUT2D eigenvalue weighted by atomic mass is 19.4. The minimum Gasteiger partial charge on any atom is -0.313 e. The van der Waals surface area contributed by atoms with Crippen molar-refractivity contribution in [1.82, 2.24) is 10.3 Å². The van der Waals surface area contributed by atoms with Crippen molar-refractivity contribution in [3.05, 3.63) is 65.5 Å². The van der Waals surface area contributed by atoms with E-state index >= 15 is 0 Å². The second-order valence-corrected chi connectivity index (χ2v) is 4.52. The molecule has 0 aliphatic rings. The fraction of sp³-hybridized carbons (Fsp3) is 0.267. The maximum atomic E-state index is 12.5. The van der Waals surface area contributed by atoms with Crippen LogP contribution in [0.5, 0.6) is 0 Å². The molecule has 0 radical (unpaired) electrons. The molecule has 1 unspecified atom stereocenters. The van der Waals surface area contributed by atoms with E-state index in [1.165, 1.54) is 12.1 Å². The summed E-state index contributed by atoms with van der Waals surface area (Å²) in [6.45, 7) is 0. The molecular formula is C15H15F3N2. The summed E-state index contributed by atoms with van der Waals surface area (Å²) in [5.41, 5.74) is 1.29. The van der Waals surface area contributed by atoms with Gasteiger partial charge in [0.15, 0.2) is 0 Å². The lowest BCUT2D eigenvalue weighted by Crippen LogP contribution is -2.18. The summed E-state index contributed by atoms with van der Waals surface area (Å²) in [6.07, 6.45) is -0.260. The van der Waals surface area contributed by atoms with E-state index in [2.05, 4.69) is 10.3 Å². The maximum Gasteiger partial charge on any atom is 0.416 e. The molecular weight excluding hydrogens is 265 g/mol. The smallest absolute Gasteiger partial charge is 0.313 e. The van der Waals surface area contributed by atoms with Gasteiger partial charge in [0.1, 0.15) is 0 Å². The van der Waals surface area contributed by atoms with Gasteiger partial charge in [0.05, 0.1) is 5.56 Å². The summed E-state index contributed by atoms with van der Waals surface area (Å²) >= 11 is 0. The molecule has 1 atom stereocenters. The number of nitrogens with zero attached hydrogens (tertiary/aromatic N) is 1. The van der Waals surface area contributed by atoms with Crippen LogP contribution in [0.15, 0.2) is 48.8 Å². The van der Waals surface area contributed by atoms with E-state index in [1.807, 2.05) is 19.2 Å². The zero-order valence-electron chi connectivity index (χ0n) is 11.0. The predicted molar refractivity (Wildman–Crippen MR) is 71.2 cm³/mol. The van der Waals surface area contributed by atoms with Crippen LogP contribution < -0.4 is 5.32 Å². The Morgan fingerprint density at radius 2 is 1.65 bits per heavy atom. The van der Waals surface area contributed by atoms with Crippen LogP contribution in [-0.2, 0) is 12.6 Å². The predicted octanol–water partition coefficient (Wildman–Crippen LogP) is 3.60. The highest BCUT2D eigenvalue weighted by Crippen LogP contribution is 2.29. The zero-order chi connectivity index (χ0) is 14.6. The van der Waals surface area contributed by atoms with Crippen molar-refractivity contribution >= 4 is 0 Å². The molecule has 2 rings (SSSR count). The van der Waals surface area contributed by atoms with Crippen LogP contribution in [0.3, 0.4) is 0 Å². The van der Waals surface area contributed by atoms with Crippen molar-refractivity contribution in [2.75, 3.05) is 7.05 Å². The summed E-state index contributed by atoms with van der Waals surface area (Å²) in [5, 5.41) is 3.16. The molecule has 0 bridgehead atoms. The van der Waals surface area contributed by atoms with Gasteiger partial charge in [-0.05, 0) is 48.9 Å². The van der Waals surface area contributed by atoms with Gasteiger partial charge in [-0.3, -0.25) is 4.98 Å². The zero-order valence-corrected chi connectivity index (χ0v) is 11.0. The van der Waals surface area contributed by atoms with Crippen molar-refractivity contribution in [2.24, 2.45) is 0 Å². The highest BCUT2D eigenvalue weighted by molar-refractivity contribution is 5.27. The summed E-state index contributed by atoms with van der Waals surface area (Å²) < 4.78 is 37.5. The second-order valence-electron chi connectivity index (χ2n) is 4.52. The Kier molecular flexibility index (Phi) is 4.39. The van der Waals surface area contributed by atoms with Gasteiger partial charge in [-0.15, -0.1) is 0 Å². The average molecular weight is 280 g/mol. The van der Waals surface area contributed by atoms with E-state index in [1.54, 1.807) is 12.4 Å². The molecule has 1 aromatic heterocycles. The number of nitrogens with one attached hydrogen (secondary N) is 1. The van der Waals surface area contributed by atoms with Gasteiger partial charge in [-0.1, -0.05) is 12.1 Å². The quantitative estimate of drug-likeness (QED) is 0.925. The monoisotopic (exact) mass is 280 g/mol. The molecule has 0 fully saturated rings. The van der Waals surface area contributed by atoms with Crippen LogP contribution in [-0.4, -0.2) is 12.0 Å². The number of halogens is 3. The molecule has 2 aromatic rings. The third-order valence-corrected chi connectivity index (χ3v) is 3.18. The minimum absolute atomic E-state index is 0.0507. The second kappa shape index (κ2) is 6.05. The van der Waals surface area contributed by atoms with Gasteiger partial charge >= 0.3 is 6.18 Å². The summed E-state index contributed by atoms with van der Waals surface area (Å²) in [7, 11) is 1.83. The lowest BCUT2D eigenvalue weighted by molar-refractivity contribution is -0.137. The van der Waals surface area contributed by atoms with E-state index in [9.17, 15) is 13.2 Å². The first-order chi connectivity index (χ1) is 9.50. The van der Waals surface area contributed by atoms with Crippen LogP contribution in [0, 0.1) is 0 Å². The number of hydrogen-bond acceptors (Lipinski definition) is 2. The summed E-state index contributed by atoms with van der Waals surface area (Å²) in [6, 6.07) is 9.12. The average Bonchev–Trinajstić information content (AvgIpc) is 2.45. The van der Waals surface area contributed by atoms with Gasteiger partial charge in [0.25, 0.3) is 0 Å². The first-order valence-electron chi connectivity index (χ1n) is 6.24. The Bertz CT molecular complexity index is 535. The largest absolute Gasteiger partial charge is 0.416 e. The Morgan fingerprint density at radius 1 is 1.05 bits per heavy atom. The van der Waals surface area contributed by atoms with Crippen LogP contribution in [0.4, 0.5) is 13.2 Å². The Morgan fingerprint density at radius 3 is 2.15 bits per heavy atom. The molecule has 1 heterocycles. The highest BCUT2D eigenvalue weighted by Gasteiger charge is 2.29. The molecule has 1 N–H and O–H groups in total. The van der Waals surface area contributed by atoms with Gasteiger partial charge in [0, 0.05) is 18.4 Å². The fourth-order valence-corrected chi connectivity index (χ4v) is 2.05. The Hall–Kier alpha value is -1.88. The maximum absolute atomic E-state index is 12.5. The first kappa shape index (κ1) is 14.5. The molecule has 106 valence electrons. The lowest BCUT2D eigenvalue weighted by Gasteiger charge is -2.17. The molecule has 5 heteroatoms. The Labute approximate surface area is 115 Å². The molecule has 0 saturated heterocycles. The summed E-state index contributed by atoms with van der Waals surface area (Å²) in [4.78, 5) is 3.95. The number of aromatic nitrogens is 1. The van der Waals surface area contributed by atoms with Crippen molar-refractivity contribution < 1.29 is 13.2 Å². The van der Waals surface area contributed by atoms with Gasteiger partial charge in [0.2, 0.25) is 0 Å². The first-order valence-corrected chi connectivity index (χ1v) is 6.24. The SMILES string of the molecule is CNC(Cc1ccc(C(F)(F)F)cc1)c1ccncc1.